The fourth-order valence-electron chi connectivity index (χ4n) is 4.77. The molecule has 1 N–H and O–H groups in total. The molecule has 194 valence electrons. The van der Waals surface area contributed by atoms with Gasteiger partial charge >= 0.3 is 5.97 Å². The number of fused-ring (bicyclic) bond motifs is 2. The van der Waals surface area contributed by atoms with Gasteiger partial charge in [0.05, 0.1) is 43.0 Å². The summed E-state index contributed by atoms with van der Waals surface area (Å²) in [5, 5.41) is 3.52. The molecule has 0 aliphatic heterocycles. The molecule has 11 heteroatoms. The number of carbonyl (C=O) groups is 2. The van der Waals surface area contributed by atoms with E-state index in [1.807, 2.05) is 0 Å². The van der Waals surface area contributed by atoms with Gasteiger partial charge in [-0.1, -0.05) is 24.3 Å². The first kappa shape index (κ1) is 25.2. The largest absolute Gasteiger partial charge is 0.494 e. The van der Waals surface area contributed by atoms with Crippen LogP contribution in [0.25, 0.3) is 22.0 Å². The number of nitrogens with one attached hydrogen (secondary N) is 1. The van der Waals surface area contributed by atoms with Crippen molar-refractivity contribution in [1.29, 1.82) is 0 Å². The topological polar surface area (TPSA) is 130 Å². The number of carbonyl (C=O) groups excluding carboxylic acids is 2. The molecule has 1 aliphatic rings. The number of ether oxygens (including phenoxy) is 2. The maximum atomic E-state index is 13.9. The van der Waals surface area contributed by atoms with Gasteiger partial charge in [0.25, 0.3) is 15.7 Å². The SMILES string of the molecule is COC(=O)c1c2c3c(c(Nc4ccc(S(=O)(=O)OC)cc4)cc(OC)c3n(C)c1=O)C(=O)c1ccccc1-2. The van der Waals surface area contributed by atoms with Crippen LogP contribution in [-0.4, -0.2) is 46.1 Å². The van der Waals surface area contributed by atoms with Crippen LogP contribution < -0.4 is 15.6 Å². The summed E-state index contributed by atoms with van der Waals surface area (Å²) < 4.78 is 40.4. The zero-order valence-corrected chi connectivity index (χ0v) is 21.6. The molecule has 0 radical (unpaired) electrons. The van der Waals surface area contributed by atoms with Crippen molar-refractivity contribution >= 4 is 44.1 Å². The summed E-state index contributed by atoms with van der Waals surface area (Å²) in [4.78, 5) is 40.2. The molecule has 1 heterocycles. The third kappa shape index (κ3) is 3.66. The van der Waals surface area contributed by atoms with Gasteiger partial charge in [0.2, 0.25) is 0 Å². The molecule has 5 rings (SSSR count). The van der Waals surface area contributed by atoms with Gasteiger partial charge in [-0.2, -0.15) is 8.42 Å². The summed E-state index contributed by atoms with van der Waals surface area (Å²) in [5.41, 5.74) is 1.62. The van der Waals surface area contributed by atoms with Crippen molar-refractivity contribution < 1.29 is 31.7 Å². The number of anilines is 2. The number of rotatable bonds is 6. The number of pyridine rings is 1. The second-order valence-corrected chi connectivity index (χ2v) is 10.2. The number of esters is 1. The summed E-state index contributed by atoms with van der Waals surface area (Å²) in [6, 6.07) is 14.1. The van der Waals surface area contributed by atoms with Crippen LogP contribution in [0, 0.1) is 0 Å². The number of methoxy groups -OCH3 is 2. The van der Waals surface area contributed by atoms with Gasteiger partial charge in [0.15, 0.2) is 5.78 Å². The van der Waals surface area contributed by atoms with E-state index in [4.69, 9.17) is 9.47 Å². The average Bonchev–Trinajstić information content (AvgIpc) is 2.93. The van der Waals surface area contributed by atoms with Crippen molar-refractivity contribution in [3.63, 3.8) is 0 Å². The van der Waals surface area contributed by atoms with Crippen LogP contribution in [0.15, 0.2) is 64.3 Å². The van der Waals surface area contributed by atoms with Crippen molar-refractivity contribution in [1.82, 2.24) is 4.57 Å². The van der Waals surface area contributed by atoms with Crippen LogP contribution in [0.1, 0.15) is 26.3 Å². The number of aryl methyl sites for hydroxylation is 1. The van der Waals surface area contributed by atoms with E-state index in [0.29, 0.717) is 33.4 Å². The molecule has 0 amide bonds. The van der Waals surface area contributed by atoms with Gasteiger partial charge in [-0.25, -0.2) is 4.79 Å². The molecule has 10 nitrogen and oxygen atoms in total. The third-order valence-corrected chi connectivity index (χ3v) is 7.83. The molecule has 0 bridgehead atoms. The minimum atomic E-state index is -3.88. The first-order valence-electron chi connectivity index (χ1n) is 11.3. The Morgan fingerprint density at radius 1 is 0.921 bits per heavy atom. The number of hydrogen-bond donors (Lipinski definition) is 1. The van der Waals surface area contributed by atoms with Gasteiger partial charge in [-0.3, -0.25) is 13.8 Å². The molecule has 0 fully saturated rings. The van der Waals surface area contributed by atoms with Crippen molar-refractivity contribution in [2.75, 3.05) is 26.6 Å². The molecule has 0 saturated heterocycles. The zero-order valence-electron chi connectivity index (χ0n) is 20.8. The summed E-state index contributed by atoms with van der Waals surface area (Å²) >= 11 is 0. The first-order valence-corrected chi connectivity index (χ1v) is 12.7. The van der Waals surface area contributed by atoms with Crippen molar-refractivity contribution in [2.24, 2.45) is 7.05 Å². The first-order chi connectivity index (χ1) is 18.1. The molecule has 4 aromatic rings. The molecule has 0 atom stereocenters. The number of ketones is 1. The second kappa shape index (κ2) is 9.12. The van der Waals surface area contributed by atoms with Crippen molar-refractivity contribution in [3.8, 4) is 16.9 Å². The Bertz CT molecular complexity index is 1820. The van der Waals surface area contributed by atoms with Crippen molar-refractivity contribution in [3.05, 3.63) is 81.6 Å². The standard InChI is InChI=1S/C27H22N2O8S/c1-29-24-19(35-2)13-18(28-14-9-11-15(12-10-14)38(33,34)37-4)21-22(24)20(23(26(29)31)27(32)36-3)16-7-5-6-8-17(16)25(21)30/h5-13,28H,1-4H3. The third-order valence-electron chi connectivity index (χ3n) is 6.54. The van der Waals surface area contributed by atoms with Gasteiger partial charge in [0.1, 0.15) is 11.3 Å². The number of nitrogens with zero attached hydrogens (tertiary/aromatic N) is 1. The lowest BCUT2D eigenvalue weighted by Gasteiger charge is -2.26. The van der Waals surface area contributed by atoms with Crippen LogP contribution in [0.3, 0.4) is 0 Å². The van der Waals surface area contributed by atoms with E-state index in [9.17, 15) is 22.8 Å². The Labute approximate surface area is 217 Å². The molecule has 0 saturated carbocycles. The molecule has 0 unspecified atom stereocenters. The van der Waals surface area contributed by atoms with Crippen LogP contribution in [-0.2, 0) is 26.1 Å². The number of aromatic nitrogens is 1. The lowest BCUT2D eigenvalue weighted by atomic mass is 9.81. The van der Waals surface area contributed by atoms with Crippen LogP contribution in [0.2, 0.25) is 0 Å². The predicted octanol–water partition coefficient (Wildman–Crippen LogP) is 3.62. The normalized spacial score (nSPS) is 12.3. The van der Waals surface area contributed by atoms with E-state index < -0.39 is 21.6 Å². The summed E-state index contributed by atoms with van der Waals surface area (Å²) in [7, 11) is 1.31. The Morgan fingerprint density at radius 2 is 1.58 bits per heavy atom. The minimum Gasteiger partial charge on any atom is -0.494 e. The molecule has 0 spiro atoms. The highest BCUT2D eigenvalue weighted by Gasteiger charge is 2.35. The van der Waals surface area contributed by atoms with Crippen LogP contribution >= 0.6 is 0 Å². The maximum Gasteiger partial charge on any atom is 0.344 e. The van der Waals surface area contributed by atoms with Crippen LogP contribution in [0.4, 0.5) is 11.4 Å². The van der Waals surface area contributed by atoms with Gasteiger partial charge in [0, 0.05) is 35.3 Å². The van der Waals surface area contributed by atoms with E-state index in [1.165, 1.54) is 50.1 Å². The predicted molar refractivity (Wildman–Crippen MR) is 140 cm³/mol. The fourth-order valence-corrected chi connectivity index (χ4v) is 5.43. The molecule has 38 heavy (non-hydrogen) atoms. The Hall–Kier alpha value is -4.48. The summed E-state index contributed by atoms with van der Waals surface area (Å²) in [5.74, 6) is -0.865. The fraction of sp³-hybridized carbons (Fsp3) is 0.148. The van der Waals surface area contributed by atoms with Crippen molar-refractivity contribution in [2.45, 2.75) is 4.90 Å². The van der Waals surface area contributed by atoms with Crippen LogP contribution in [0.5, 0.6) is 5.75 Å². The second-order valence-electron chi connectivity index (χ2n) is 8.48. The molecular formula is C27H22N2O8S. The number of benzene rings is 3. The minimum absolute atomic E-state index is 0.0343. The highest BCUT2D eigenvalue weighted by Crippen LogP contribution is 2.46. The Morgan fingerprint density at radius 3 is 2.18 bits per heavy atom. The Balaban J connectivity index is 1.86. The molecule has 1 aliphatic carbocycles. The smallest absolute Gasteiger partial charge is 0.344 e. The molecule has 1 aromatic heterocycles. The zero-order chi connectivity index (χ0) is 27.4. The van der Waals surface area contributed by atoms with E-state index in [0.717, 1.165) is 7.11 Å². The van der Waals surface area contributed by atoms with Gasteiger partial charge in [-0.15, -0.1) is 0 Å². The quantitative estimate of drug-likeness (QED) is 0.256. The Kier molecular flexibility index (Phi) is 6.04. The molecule has 3 aromatic carbocycles. The monoisotopic (exact) mass is 534 g/mol. The average molecular weight is 535 g/mol. The highest BCUT2D eigenvalue weighted by molar-refractivity contribution is 7.86. The number of hydrogen-bond acceptors (Lipinski definition) is 9. The maximum absolute atomic E-state index is 13.9. The van der Waals surface area contributed by atoms with E-state index in [-0.39, 0.29) is 33.1 Å². The lowest BCUT2D eigenvalue weighted by Crippen LogP contribution is -2.29. The van der Waals surface area contributed by atoms with Gasteiger partial charge in [-0.05, 0) is 29.8 Å². The lowest BCUT2D eigenvalue weighted by molar-refractivity contribution is 0.0599. The summed E-state index contributed by atoms with van der Waals surface area (Å²) in [6.07, 6.45) is 0. The van der Waals surface area contributed by atoms with E-state index >= 15 is 0 Å². The van der Waals surface area contributed by atoms with E-state index in [2.05, 4.69) is 9.50 Å². The van der Waals surface area contributed by atoms with E-state index in [1.54, 1.807) is 30.3 Å². The van der Waals surface area contributed by atoms with Gasteiger partial charge < -0.3 is 19.4 Å². The highest BCUT2D eigenvalue weighted by atomic mass is 32.2. The molecular weight excluding hydrogens is 512 g/mol. The summed E-state index contributed by atoms with van der Waals surface area (Å²) in [6.45, 7) is 0.